The van der Waals surface area contributed by atoms with Crippen LogP contribution in [-0.2, 0) is 14.8 Å². The highest BCUT2D eigenvalue weighted by Crippen LogP contribution is 2.23. The zero-order valence-electron chi connectivity index (χ0n) is 12.6. The number of carbonyl (C=O) groups is 1. The van der Waals surface area contributed by atoms with Gasteiger partial charge < -0.3 is 4.90 Å². The molecule has 0 unspecified atom stereocenters. The maximum Gasteiger partial charge on any atom is 0.243 e. The Labute approximate surface area is 144 Å². The number of halogens is 1. The lowest BCUT2D eigenvalue weighted by Gasteiger charge is -2.34. The van der Waals surface area contributed by atoms with Crippen LogP contribution in [0.15, 0.2) is 27.6 Å². The summed E-state index contributed by atoms with van der Waals surface area (Å²) < 4.78 is 27.7. The van der Waals surface area contributed by atoms with Gasteiger partial charge in [0.25, 0.3) is 0 Å². The first-order chi connectivity index (χ1) is 10.4. The van der Waals surface area contributed by atoms with Gasteiger partial charge in [-0.25, -0.2) is 8.42 Å². The van der Waals surface area contributed by atoms with E-state index in [9.17, 15) is 13.2 Å². The summed E-state index contributed by atoms with van der Waals surface area (Å²) in [7, 11) is -3.49. The maximum atomic E-state index is 12.7. The number of rotatable bonds is 4. The van der Waals surface area contributed by atoms with Crippen molar-refractivity contribution in [3.8, 4) is 0 Å². The average Bonchev–Trinajstić information content (AvgIpc) is 2.50. The fourth-order valence-corrected chi connectivity index (χ4v) is 4.50. The Morgan fingerprint density at radius 3 is 2.45 bits per heavy atom. The van der Waals surface area contributed by atoms with Crippen molar-refractivity contribution in [1.82, 2.24) is 9.21 Å². The summed E-state index contributed by atoms with van der Waals surface area (Å²) in [4.78, 5) is 13.9. The molecule has 0 aliphatic carbocycles. The first kappa shape index (κ1) is 17.8. The summed E-state index contributed by atoms with van der Waals surface area (Å²) in [5, 5.41) is 0. The summed E-state index contributed by atoms with van der Waals surface area (Å²) in [6.07, 6.45) is 1.88. The van der Waals surface area contributed by atoms with Gasteiger partial charge in [0.05, 0.1) is 10.6 Å². The summed E-state index contributed by atoms with van der Waals surface area (Å²) in [5.74, 6) is 0.516. The van der Waals surface area contributed by atoms with Crippen LogP contribution in [0.5, 0.6) is 0 Å². The van der Waals surface area contributed by atoms with Gasteiger partial charge in [-0.05, 0) is 36.9 Å². The van der Waals surface area contributed by atoms with Crippen LogP contribution < -0.4 is 0 Å². The molecule has 22 heavy (non-hydrogen) atoms. The van der Waals surface area contributed by atoms with Gasteiger partial charge in [0, 0.05) is 30.7 Å². The molecule has 1 saturated heterocycles. The van der Waals surface area contributed by atoms with E-state index in [0.717, 1.165) is 10.0 Å². The predicted molar refractivity (Wildman–Crippen MR) is 92.6 cm³/mol. The van der Waals surface area contributed by atoms with Crippen LogP contribution in [0.3, 0.4) is 0 Å². The lowest BCUT2D eigenvalue weighted by atomic mass is 10.2. The average molecular weight is 407 g/mol. The number of benzene rings is 1. The summed E-state index contributed by atoms with van der Waals surface area (Å²) in [6, 6.07) is 5.03. The molecule has 2 rings (SSSR count). The van der Waals surface area contributed by atoms with Gasteiger partial charge in [0.15, 0.2) is 0 Å². The lowest BCUT2D eigenvalue weighted by molar-refractivity contribution is -0.129. The van der Waals surface area contributed by atoms with E-state index < -0.39 is 10.0 Å². The van der Waals surface area contributed by atoms with E-state index in [0.29, 0.717) is 36.8 Å². The third-order valence-corrected chi connectivity index (χ3v) is 6.95. The molecule has 5 nitrogen and oxygen atoms in total. The molecule has 0 radical (unpaired) electrons. The molecule has 122 valence electrons. The zero-order chi connectivity index (χ0) is 16.3. The molecule has 0 saturated carbocycles. The first-order valence-corrected chi connectivity index (χ1v) is 10.5. The molecule has 1 heterocycles. The van der Waals surface area contributed by atoms with Crippen molar-refractivity contribution >= 4 is 43.6 Å². The Morgan fingerprint density at radius 1 is 1.27 bits per heavy atom. The Bertz CT molecular complexity index is 656. The van der Waals surface area contributed by atoms with E-state index in [2.05, 4.69) is 15.9 Å². The minimum Gasteiger partial charge on any atom is -0.339 e. The van der Waals surface area contributed by atoms with Crippen LogP contribution in [0.4, 0.5) is 0 Å². The van der Waals surface area contributed by atoms with Crippen molar-refractivity contribution in [3.05, 3.63) is 28.2 Å². The number of hydrogen-bond donors (Lipinski definition) is 0. The number of nitrogens with zero attached hydrogens (tertiary/aromatic N) is 2. The van der Waals surface area contributed by atoms with Crippen LogP contribution >= 0.6 is 27.7 Å². The van der Waals surface area contributed by atoms with Gasteiger partial charge in [-0.1, -0.05) is 15.9 Å². The summed E-state index contributed by atoms with van der Waals surface area (Å²) in [5.41, 5.74) is 0.884. The van der Waals surface area contributed by atoms with Gasteiger partial charge in [-0.2, -0.15) is 16.1 Å². The highest BCUT2D eigenvalue weighted by atomic mass is 79.9. The summed E-state index contributed by atoms with van der Waals surface area (Å²) in [6.45, 7) is 3.46. The first-order valence-electron chi connectivity index (χ1n) is 6.89. The van der Waals surface area contributed by atoms with Gasteiger partial charge >= 0.3 is 0 Å². The third kappa shape index (κ3) is 3.84. The van der Waals surface area contributed by atoms with E-state index in [1.165, 1.54) is 16.1 Å². The van der Waals surface area contributed by atoms with Crippen molar-refractivity contribution in [3.63, 3.8) is 0 Å². The number of amides is 1. The van der Waals surface area contributed by atoms with Gasteiger partial charge in [0.2, 0.25) is 15.9 Å². The topological polar surface area (TPSA) is 57.7 Å². The molecule has 1 aliphatic heterocycles. The van der Waals surface area contributed by atoms with E-state index in [1.54, 1.807) is 23.1 Å². The number of hydrogen-bond acceptors (Lipinski definition) is 4. The second-order valence-corrected chi connectivity index (χ2v) is 8.79. The lowest BCUT2D eigenvalue weighted by Crippen LogP contribution is -2.50. The van der Waals surface area contributed by atoms with Gasteiger partial charge in [-0.3, -0.25) is 4.79 Å². The Hall–Kier alpha value is -0.570. The molecular formula is C14H19BrN2O3S2. The Balaban J connectivity index is 2.09. The smallest absolute Gasteiger partial charge is 0.243 e. The number of carbonyl (C=O) groups excluding carboxylic acids is 1. The molecule has 8 heteroatoms. The highest BCUT2D eigenvalue weighted by molar-refractivity contribution is 9.10. The van der Waals surface area contributed by atoms with E-state index in [-0.39, 0.29) is 5.91 Å². The second-order valence-electron chi connectivity index (χ2n) is 5.13. The van der Waals surface area contributed by atoms with Crippen LogP contribution in [-0.4, -0.2) is 61.7 Å². The molecule has 1 amide bonds. The van der Waals surface area contributed by atoms with Crippen LogP contribution in [0.2, 0.25) is 0 Å². The SMILES string of the molecule is CSCC(=O)N1CCN(S(=O)(=O)c2ccc(Br)c(C)c2)CC1. The molecule has 0 N–H and O–H groups in total. The molecule has 0 aromatic heterocycles. The van der Waals surface area contributed by atoms with Crippen LogP contribution in [0.25, 0.3) is 0 Å². The molecule has 0 bridgehead atoms. The largest absolute Gasteiger partial charge is 0.339 e. The second kappa shape index (κ2) is 7.33. The quantitative estimate of drug-likeness (QED) is 0.766. The van der Waals surface area contributed by atoms with Crippen LogP contribution in [0.1, 0.15) is 5.56 Å². The fraction of sp³-hybridized carbons (Fsp3) is 0.500. The van der Waals surface area contributed by atoms with Gasteiger partial charge in [0.1, 0.15) is 0 Å². The van der Waals surface area contributed by atoms with Crippen LogP contribution in [0, 0.1) is 6.92 Å². The number of thioether (sulfide) groups is 1. The number of aryl methyl sites for hydroxylation is 1. The van der Waals surface area contributed by atoms with Crippen molar-refractivity contribution in [1.29, 1.82) is 0 Å². The number of sulfonamides is 1. The van der Waals surface area contributed by atoms with Crippen molar-refractivity contribution in [2.75, 3.05) is 38.2 Å². The molecular weight excluding hydrogens is 388 g/mol. The molecule has 1 fully saturated rings. The molecule has 1 aliphatic rings. The molecule has 0 spiro atoms. The van der Waals surface area contributed by atoms with Crippen molar-refractivity contribution < 1.29 is 13.2 Å². The van der Waals surface area contributed by atoms with E-state index >= 15 is 0 Å². The van der Waals surface area contributed by atoms with E-state index in [4.69, 9.17) is 0 Å². The van der Waals surface area contributed by atoms with Crippen molar-refractivity contribution in [2.45, 2.75) is 11.8 Å². The molecule has 1 aromatic carbocycles. The minimum absolute atomic E-state index is 0.0732. The zero-order valence-corrected chi connectivity index (χ0v) is 15.8. The van der Waals surface area contributed by atoms with E-state index in [1.807, 2.05) is 13.2 Å². The standard InChI is InChI=1S/C14H19BrN2O3S2/c1-11-9-12(3-4-13(11)15)22(19,20)17-7-5-16(6-8-17)14(18)10-21-2/h3-4,9H,5-8,10H2,1-2H3. The highest BCUT2D eigenvalue weighted by Gasteiger charge is 2.30. The number of piperazine rings is 1. The fourth-order valence-electron chi connectivity index (χ4n) is 2.32. The molecule has 1 aromatic rings. The normalized spacial score (nSPS) is 16.8. The third-order valence-electron chi connectivity index (χ3n) is 3.63. The monoisotopic (exact) mass is 406 g/mol. The van der Waals surface area contributed by atoms with Crippen molar-refractivity contribution in [2.24, 2.45) is 0 Å². The van der Waals surface area contributed by atoms with Gasteiger partial charge in [-0.15, -0.1) is 0 Å². The molecule has 0 atom stereocenters. The summed E-state index contributed by atoms with van der Waals surface area (Å²) >= 11 is 4.86. The predicted octanol–water partition coefficient (Wildman–Crippen LogP) is 1.95. The maximum absolute atomic E-state index is 12.7. The minimum atomic E-state index is -3.49. The Morgan fingerprint density at radius 2 is 1.91 bits per heavy atom. The Kier molecular flexibility index (Phi) is 5.93.